The SMILES string of the molecule is CCCCNC(=O)[C@H](C)N(Cc1ccccc1F)C(=O)COc1ccccc1OC. The highest BCUT2D eigenvalue weighted by Gasteiger charge is 2.27. The highest BCUT2D eigenvalue weighted by molar-refractivity contribution is 5.88. The van der Waals surface area contributed by atoms with Gasteiger partial charge in [0.25, 0.3) is 5.91 Å². The maximum absolute atomic E-state index is 14.2. The Kier molecular flexibility index (Phi) is 9.12. The zero-order valence-corrected chi connectivity index (χ0v) is 17.7. The van der Waals surface area contributed by atoms with E-state index in [-0.39, 0.29) is 19.1 Å². The Balaban J connectivity index is 2.15. The molecular weight excluding hydrogens is 387 g/mol. The molecule has 7 heteroatoms. The van der Waals surface area contributed by atoms with Crippen LogP contribution in [0.4, 0.5) is 4.39 Å². The van der Waals surface area contributed by atoms with Crippen LogP contribution in [0.2, 0.25) is 0 Å². The molecule has 30 heavy (non-hydrogen) atoms. The summed E-state index contributed by atoms with van der Waals surface area (Å²) >= 11 is 0. The molecule has 0 spiro atoms. The number of methoxy groups -OCH3 is 1. The second-order valence-electron chi connectivity index (χ2n) is 6.87. The number of benzene rings is 2. The fraction of sp³-hybridized carbons (Fsp3) is 0.391. The van der Waals surface area contributed by atoms with Crippen LogP contribution < -0.4 is 14.8 Å². The number of hydrogen-bond acceptors (Lipinski definition) is 4. The Morgan fingerprint density at radius 3 is 2.43 bits per heavy atom. The topological polar surface area (TPSA) is 67.9 Å². The normalized spacial score (nSPS) is 11.5. The molecule has 1 N–H and O–H groups in total. The van der Waals surface area contributed by atoms with Crippen LogP contribution in [-0.4, -0.2) is 43.0 Å². The van der Waals surface area contributed by atoms with E-state index in [1.165, 1.54) is 18.1 Å². The minimum atomic E-state index is -0.782. The summed E-state index contributed by atoms with van der Waals surface area (Å²) in [6.07, 6.45) is 1.79. The van der Waals surface area contributed by atoms with Gasteiger partial charge >= 0.3 is 0 Å². The van der Waals surface area contributed by atoms with E-state index in [9.17, 15) is 14.0 Å². The summed E-state index contributed by atoms with van der Waals surface area (Å²) in [6.45, 7) is 3.84. The Labute approximate surface area is 177 Å². The quantitative estimate of drug-likeness (QED) is 0.569. The van der Waals surface area contributed by atoms with Crippen LogP contribution in [0.15, 0.2) is 48.5 Å². The second kappa shape index (κ2) is 11.8. The lowest BCUT2D eigenvalue weighted by molar-refractivity contribution is -0.142. The predicted octanol–water partition coefficient (Wildman–Crippen LogP) is 3.55. The first kappa shape index (κ1) is 23.2. The molecule has 162 valence electrons. The molecule has 0 aliphatic carbocycles. The van der Waals surface area contributed by atoms with Crippen LogP contribution in [0.1, 0.15) is 32.3 Å². The van der Waals surface area contributed by atoms with Gasteiger partial charge in [0.05, 0.1) is 7.11 Å². The summed E-state index contributed by atoms with van der Waals surface area (Å²) < 4.78 is 25.0. The molecule has 0 fully saturated rings. The van der Waals surface area contributed by atoms with Gasteiger partial charge in [-0.1, -0.05) is 43.7 Å². The van der Waals surface area contributed by atoms with E-state index in [1.807, 2.05) is 6.92 Å². The van der Waals surface area contributed by atoms with Gasteiger partial charge < -0.3 is 19.7 Å². The molecule has 0 saturated heterocycles. The molecule has 2 aromatic rings. The molecule has 6 nitrogen and oxygen atoms in total. The predicted molar refractivity (Wildman–Crippen MR) is 113 cm³/mol. The molecular formula is C23H29FN2O4. The number of hydrogen-bond donors (Lipinski definition) is 1. The van der Waals surface area contributed by atoms with E-state index in [2.05, 4.69) is 5.32 Å². The van der Waals surface area contributed by atoms with Crippen molar-refractivity contribution in [2.75, 3.05) is 20.3 Å². The maximum atomic E-state index is 14.2. The summed E-state index contributed by atoms with van der Waals surface area (Å²) in [5, 5.41) is 2.82. The van der Waals surface area contributed by atoms with Gasteiger partial charge in [-0.2, -0.15) is 0 Å². The third kappa shape index (κ3) is 6.47. The van der Waals surface area contributed by atoms with Gasteiger partial charge in [0.1, 0.15) is 11.9 Å². The standard InChI is InChI=1S/C23H29FN2O4/c1-4-5-14-25-23(28)17(2)26(15-18-10-6-7-11-19(18)24)22(27)16-30-21-13-9-8-12-20(21)29-3/h6-13,17H,4-5,14-16H2,1-3H3,(H,25,28)/t17-/m0/s1. The lowest BCUT2D eigenvalue weighted by Crippen LogP contribution is -2.49. The first-order valence-corrected chi connectivity index (χ1v) is 10.0. The van der Waals surface area contributed by atoms with Gasteiger partial charge in [-0.25, -0.2) is 4.39 Å². The summed E-state index contributed by atoms with van der Waals surface area (Å²) in [5.74, 6) is -0.233. The van der Waals surface area contributed by atoms with Gasteiger partial charge in [0, 0.05) is 18.7 Å². The number of amides is 2. The molecule has 2 rings (SSSR count). The van der Waals surface area contributed by atoms with Crippen LogP contribution in [0.5, 0.6) is 11.5 Å². The van der Waals surface area contributed by atoms with Crippen molar-refractivity contribution in [1.29, 1.82) is 0 Å². The zero-order valence-electron chi connectivity index (χ0n) is 17.7. The molecule has 0 aromatic heterocycles. The fourth-order valence-corrected chi connectivity index (χ4v) is 2.89. The molecule has 0 radical (unpaired) electrons. The maximum Gasteiger partial charge on any atom is 0.261 e. The summed E-state index contributed by atoms with van der Waals surface area (Å²) in [5.41, 5.74) is 0.330. The van der Waals surface area contributed by atoms with Crippen LogP contribution >= 0.6 is 0 Å². The van der Waals surface area contributed by atoms with Crippen molar-refractivity contribution >= 4 is 11.8 Å². The third-order valence-corrected chi connectivity index (χ3v) is 4.72. The van der Waals surface area contributed by atoms with Crippen molar-refractivity contribution < 1.29 is 23.5 Å². The number of unbranched alkanes of at least 4 members (excludes halogenated alkanes) is 1. The van der Waals surface area contributed by atoms with Crippen molar-refractivity contribution in [3.63, 3.8) is 0 Å². The highest BCUT2D eigenvalue weighted by atomic mass is 19.1. The molecule has 0 aliphatic heterocycles. The molecule has 0 bridgehead atoms. The average Bonchev–Trinajstić information content (AvgIpc) is 2.76. The van der Waals surface area contributed by atoms with Crippen LogP contribution in [0.3, 0.4) is 0 Å². The van der Waals surface area contributed by atoms with Gasteiger partial charge in [0.15, 0.2) is 18.1 Å². The molecule has 2 amide bonds. The van der Waals surface area contributed by atoms with Crippen molar-refractivity contribution in [1.82, 2.24) is 10.2 Å². The Morgan fingerprint density at radius 1 is 1.10 bits per heavy atom. The number of halogens is 1. The smallest absolute Gasteiger partial charge is 0.261 e. The van der Waals surface area contributed by atoms with E-state index in [0.29, 0.717) is 23.6 Å². The molecule has 0 heterocycles. The second-order valence-corrected chi connectivity index (χ2v) is 6.87. The summed E-state index contributed by atoms with van der Waals surface area (Å²) in [7, 11) is 1.51. The van der Waals surface area contributed by atoms with Crippen molar-refractivity contribution in [2.24, 2.45) is 0 Å². The fourth-order valence-electron chi connectivity index (χ4n) is 2.89. The van der Waals surface area contributed by atoms with Gasteiger partial charge in [-0.3, -0.25) is 9.59 Å². The number of ether oxygens (including phenoxy) is 2. The van der Waals surface area contributed by atoms with E-state index >= 15 is 0 Å². The van der Waals surface area contributed by atoms with Crippen molar-refractivity contribution in [3.8, 4) is 11.5 Å². The largest absolute Gasteiger partial charge is 0.493 e. The lowest BCUT2D eigenvalue weighted by Gasteiger charge is -2.29. The van der Waals surface area contributed by atoms with Crippen LogP contribution in [0, 0.1) is 5.82 Å². The van der Waals surface area contributed by atoms with Crippen molar-refractivity contribution in [3.05, 3.63) is 59.9 Å². The van der Waals surface area contributed by atoms with E-state index < -0.39 is 17.8 Å². The number of nitrogens with one attached hydrogen (secondary N) is 1. The number of rotatable bonds is 11. The Hall–Kier alpha value is -3.09. The van der Waals surface area contributed by atoms with E-state index in [4.69, 9.17) is 9.47 Å². The number of nitrogens with zero attached hydrogens (tertiary/aromatic N) is 1. The van der Waals surface area contributed by atoms with Crippen LogP contribution in [-0.2, 0) is 16.1 Å². The van der Waals surface area contributed by atoms with Crippen molar-refractivity contribution in [2.45, 2.75) is 39.3 Å². The van der Waals surface area contributed by atoms with Gasteiger partial charge in [-0.05, 0) is 31.5 Å². The summed E-state index contributed by atoms with van der Waals surface area (Å²) in [6, 6.07) is 12.4. The minimum absolute atomic E-state index is 0.0385. The van der Waals surface area contributed by atoms with Crippen LogP contribution in [0.25, 0.3) is 0 Å². The zero-order chi connectivity index (χ0) is 21.9. The molecule has 1 atom stereocenters. The number of carbonyl (C=O) groups excluding carboxylic acids is 2. The first-order valence-electron chi connectivity index (χ1n) is 10.0. The number of para-hydroxylation sites is 2. The van der Waals surface area contributed by atoms with Gasteiger partial charge in [0.2, 0.25) is 5.91 Å². The Morgan fingerprint density at radius 2 is 1.77 bits per heavy atom. The molecule has 0 aliphatic rings. The number of carbonyl (C=O) groups is 2. The minimum Gasteiger partial charge on any atom is -0.493 e. The lowest BCUT2D eigenvalue weighted by atomic mass is 10.1. The average molecular weight is 416 g/mol. The molecule has 0 unspecified atom stereocenters. The molecule has 2 aromatic carbocycles. The van der Waals surface area contributed by atoms with Gasteiger partial charge in [-0.15, -0.1) is 0 Å². The monoisotopic (exact) mass is 416 g/mol. The molecule has 0 saturated carbocycles. The third-order valence-electron chi connectivity index (χ3n) is 4.72. The van der Waals surface area contributed by atoms with E-state index in [1.54, 1.807) is 49.4 Å². The highest BCUT2D eigenvalue weighted by Crippen LogP contribution is 2.26. The van der Waals surface area contributed by atoms with E-state index in [0.717, 1.165) is 12.8 Å². The summed E-state index contributed by atoms with van der Waals surface area (Å²) in [4.78, 5) is 26.8. The Bertz CT molecular complexity index is 843. The first-order chi connectivity index (χ1) is 14.5.